The van der Waals surface area contributed by atoms with Crippen molar-refractivity contribution < 1.29 is 4.42 Å². The van der Waals surface area contributed by atoms with Crippen LogP contribution >= 0.6 is 11.6 Å². The Balaban J connectivity index is 2.34. The quantitative estimate of drug-likeness (QED) is 0.825. The first-order valence-electron chi connectivity index (χ1n) is 4.20. The average Bonchev–Trinajstić information content (AvgIpc) is 2.67. The fraction of sp³-hybridized carbons (Fsp3) is 0.100. The summed E-state index contributed by atoms with van der Waals surface area (Å²) in [6, 6.07) is 7.41. The molecular formula is C10H9ClN2O. The second-order valence-corrected chi connectivity index (χ2v) is 3.27. The normalized spacial score (nSPS) is 10.4. The molecule has 0 radical (unpaired) electrons. The minimum Gasteiger partial charge on any atom is -0.447 e. The molecule has 0 saturated carbocycles. The predicted octanol–water partition coefficient (Wildman–Crippen LogP) is 2.45. The number of hydrogen-bond acceptors (Lipinski definition) is 3. The second-order valence-electron chi connectivity index (χ2n) is 2.84. The Bertz CT molecular complexity index is 422. The number of halogens is 1. The molecule has 0 unspecified atom stereocenters. The predicted molar refractivity (Wildman–Crippen MR) is 54.8 cm³/mol. The minimum atomic E-state index is 0.313. The van der Waals surface area contributed by atoms with Gasteiger partial charge in [0.1, 0.15) is 12.0 Å². The molecular weight excluding hydrogens is 200 g/mol. The topological polar surface area (TPSA) is 52.0 Å². The van der Waals surface area contributed by atoms with E-state index in [2.05, 4.69) is 4.98 Å². The molecule has 0 aliphatic carbocycles. The lowest BCUT2D eigenvalue weighted by atomic mass is 10.2. The van der Waals surface area contributed by atoms with E-state index in [1.807, 2.05) is 24.3 Å². The molecule has 72 valence electrons. The molecule has 0 aliphatic heterocycles. The van der Waals surface area contributed by atoms with Gasteiger partial charge in [0.05, 0.1) is 6.54 Å². The largest absolute Gasteiger partial charge is 0.447 e. The van der Waals surface area contributed by atoms with Gasteiger partial charge in [0, 0.05) is 10.6 Å². The first-order chi connectivity index (χ1) is 6.79. The molecule has 0 amide bonds. The maximum Gasteiger partial charge on any atom is 0.208 e. The highest BCUT2D eigenvalue weighted by atomic mass is 35.5. The fourth-order valence-electron chi connectivity index (χ4n) is 1.16. The van der Waals surface area contributed by atoms with Crippen molar-refractivity contribution in [1.29, 1.82) is 0 Å². The van der Waals surface area contributed by atoms with Crippen LogP contribution in [0.1, 0.15) is 5.89 Å². The lowest BCUT2D eigenvalue weighted by Crippen LogP contribution is -1.95. The maximum atomic E-state index is 5.77. The first kappa shape index (κ1) is 9.24. The monoisotopic (exact) mass is 208 g/mol. The van der Waals surface area contributed by atoms with Crippen molar-refractivity contribution in [3.63, 3.8) is 0 Å². The van der Waals surface area contributed by atoms with Gasteiger partial charge in [-0.3, -0.25) is 0 Å². The SMILES string of the molecule is NCc1nc(-c2ccc(Cl)cc2)co1. The van der Waals surface area contributed by atoms with Crippen molar-refractivity contribution in [2.75, 3.05) is 0 Å². The highest BCUT2D eigenvalue weighted by Gasteiger charge is 2.03. The molecule has 2 aromatic rings. The molecule has 0 fully saturated rings. The van der Waals surface area contributed by atoms with Crippen LogP contribution in [0.25, 0.3) is 11.3 Å². The van der Waals surface area contributed by atoms with Crippen LogP contribution in [-0.4, -0.2) is 4.98 Å². The van der Waals surface area contributed by atoms with E-state index in [-0.39, 0.29) is 0 Å². The third-order valence-electron chi connectivity index (χ3n) is 1.87. The average molecular weight is 209 g/mol. The number of rotatable bonds is 2. The van der Waals surface area contributed by atoms with E-state index in [4.69, 9.17) is 21.8 Å². The van der Waals surface area contributed by atoms with Crippen LogP contribution in [-0.2, 0) is 6.54 Å². The summed E-state index contributed by atoms with van der Waals surface area (Å²) in [7, 11) is 0. The summed E-state index contributed by atoms with van der Waals surface area (Å²) in [4.78, 5) is 4.19. The summed E-state index contributed by atoms with van der Waals surface area (Å²) in [5.41, 5.74) is 7.14. The third-order valence-corrected chi connectivity index (χ3v) is 2.12. The molecule has 4 heteroatoms. The van der Waals surface area contributed by atoms with Gasteiger partial charge < -0.3 is 10.2 Å². The van der Waals surface area contributed by atoms with Gasteiger partial charge in [-0.05, 0) is 12.1 Å². The number of nitrogens with zero attached hydrogens (tertiary/aromatic N) is 1. The molecule has 1 heterocycles. The number of nitrogens with two attached hydrogens (primary N) is 1. The highest BCUT2D eigenvalue weighted by Crippen LogP contribution is 2.20. The fourth-order valence-corrected chi connectivity index (χ4v) is 1.28. The van der Waals surface area contributed by atoms with Crippen LogP contribution in [0.15, 0.2) is 34.9 Å². The van der Waals surface area contributed by atoms with Crippen molar-refractivity contribution in [2.45, 2.75) is 6.54 Å². The Morgan fingerprint density at radius 1 is 1.29 bits per heavy atom. The standard InChI is InChI=1S/C10H9ClN2O/c11-8-3-1-7(2-4-8)9-6-14-10(5-12)13-9/h1-4,6H,5,12H2. The van der Waals surface area contributed by atoms with Crippen molar-refractivity contribution in [3.05, 3.63) is 41.4 Å². The first-order valence-corrected chi connectivity index (χ1v) is 4.58. The lowest BCUT2D eigenvalue weighted by molar-refractivity contribution is 0.498. The summed E-state index contributed by atoms with van der Waals surface area (Å²) >= 11 is 5.77. The highest BCUT2D eigenvalue weighted by molar-refractivity contribution is 6.30. The van der Waals surface area contributed by atoms with E-state index in [0.29, 0.717) is 17.5 Å². The van der Waals surface area contributed by atoms with Gasteiger partial charge in [-0.1, -0.05) is 23.7 Å². The summed E-state index contributed by atoms with van der Waals surface area (Å²) in [6.45, 7) is 0.313. The van der Waals surface area contributed by atoms with Crippen molar-refractivity contribution >= 4 is 11.6 Å². The lowest BCUT2D eigenvalue weighted by Gasteiger charge is -1.94. The van der Waals surface area contributed by atoms with Gasteiger partial charge in [-0.2, -0.15) is 0 Å². The molecule has 0 aliphatic rings. The Morgan fingerprint density at radius 2 is 2.00 bits per heavy atom. The molecule has 0 bridgehead atoms. The van der Waals surface area contributed by atoms with Gasteiger partial charge in [-0.25, -0.2) is 4.98 Å². The summed E-state index contributed by atoms with van der Waals surface area (Å²) in [5, 5.41) is 0.705. The Hall–Kier alpha value is -1.32. The number of oxazole rings is 1. The van der Waals surface area contributed by atoms with Crippen LogP contribution in [0.5, 0.6) is 0 Å². The van der Waals surface area contributed by atoms with Crippen molar-refractivity contribution in [2.24, 2.45) is 5.73 Å². The molecule has 3 nitrogen and oxygen atoms in total. The number of aromatic nitrogens is 1. The Kier molecular flexibility index (Phi) is 2.52. The van der Waals surface area contributed by atoms with E-state index >= 15 is 0 Å². The zero-order chi connectivity index (χ0) is 9.97. The van der Waals surface area contributed by atoms with Crippen molar-refractivity contribution in [3.8, 4) is 11.3 Å². The zero-order valence-corrected chi connectivity index (χ0v) is 8.16. The maximum absolute atomic E-state index is 5.77. The smallest absolute Gasteiger partial charge is 0.208 e. The third kappa shape index (κ3) is 1.78. The molecule has 0 saturated heterocycles. The van der Waals surface area contributed by atoms with Crippen LogP contribution in [0, 0.1) is 0 Å². The zero-order valence-electron chi connectivity index (χ0n) is 7.40. The Labute approximate surface area is 86.5 Å². The molecule has 2 rings (SSSR count). The number of benzene rings is 1. The van der Waals surface area contributed by atoms with Crippen LogP contribution in [0.4, 0.5) is 0 Å². The summed E-state index contributed by atoms with van der Waals surface area (Å²) in [5.74, 6) is 0.537. The van der Waals surface area contributed by atoms with Crippen molar-refractivity contribution in [1.82, 2.24) is 4.98 Å². The number of hydrogen-bond donors (Lipinski definition) is 1. The van der Waals surface area contributed by atoms with Gasteiger partial charge >= 0.3 is 0 Å². The molecule has 0 atom stereocenters. The van der Waals surface area contributed by atoms with Crippen LogP contribution < -0.4 is 5.73 Å². The van der Waals surface area contributed by atoms with E-state index in [1.165, 1.54) is 0 Å². The molecule has 14 heavy (non-hydrogen) atoms. The van der Waals surface area contributed by atoms with E-state index < -0.39 is 0 Å². The molecule has 1 aromatic carbocycles. The van der Waals surface area contributed by atoms with E-state index in [1.54, 1.807) is 6.26 Å². The van der Waals surface area contributed by atoms with Crippen LogP contribution in [0.3, 0.4) is 0 Å². The van der Waals surface area contributed by atoms with Gasteiger partial charge in [0.15, 0.2) is 0 Å². The second kappa shape index (κ2) is 3.82. The molecule has 2 N–H and O–H groups in total. The van der Waals surface area contributed by atoms with E-state index in [0.717, 1.165) is 11.3 Å². The molecule has 0 spiro atoms. The van der Waals surface area contributed by atoms with E-state index in [9.17, 15) is 0 Å². The Morgan fingerprint density at radius 3 is 2.57 bits per heavy atom. The van der Waals surface area contributed by atoms with Gasteiger partial charge in [-0.15, -0.1) is 0 Å². The minimum absolute atomic E-state index is 0.313. The van der Waals surface area contributed by atoms with Gasteiger partial charge in [0.2, 0.25) is 5.89 Å². The van der Waals surface area contributed by atoms with Gasteiger partial charge in [0.25, 0.3) is 0 Å². The summed E-state index contributed by atoms with van der Waals surface area (Å²) in [6.07, 6.45) is 1.59. The molecule has 1 aromatic heterocycles. The summed E-state index contributed by atoms with van der Waals surface area (Å²) < 4.78 is 5.13. The van der Waals surface area contributed by atoms with Crippen LogP contribution in [0.2, 0.25) is 5.02 Å².